The van der Waals surface area contributed by atoms with E-state index in [1.165, 1.54) is 17.0 Å². The summed E-state index contributed by atoms with van der Waals surface area (Å²) in [5, 5.41) is 22.7. The van der Waals surface area contributed by atoms with Gasteiger partial charge in [0.15, 0.2) is 11.6 Å². The first-order chi connectivity index (χ1) is 21.7. The van der Waals surface area contributed by atoms with Crippen LogP contribution >= 0.6 is 11.6 Å². The molecule has 1 amide bonds. The van der Waals surface area contributed by atoms with Gasteiger partial charge in [-0.25, -0.2) is 14.4 Å². The van der Waals surface area contributed by atoms with Gasteiger partial charge in [0.2, 0.25) is 5.91 Å². The maximum Gasteiger partial charge on any atom is 0.247 e. The van der Waals surface area contributed by atoms with E-state index in [0.29, 0.717) is 66.3 Å². The number of nitriles is 1. The number of hydrogen-bond acceptors (Lipinski definition) is 7. The van der Waals surface area contributed by atoms with E-state index in [0.717, 1.165) is 10.8 Å². The van der Waals surface area contributed by atoms with Crippen molar-refractivity contribution in [3.8, 4) is 22.9 Å². The van der Waals surface area contributed by atoms with Crippen LogP contribution in [0.5, 0.6) is 5.75 Å². The highest BCUT2D eigenvalue weighted by Gasteiger charge is 2.35. The predicted molar refractivity (Wildman–Crippen MR) is 174 cm³/mol. The van der Waals surface area contributed by atoms with Crippen molar-refractivity contribution in [3.05, 3.63) is 72.3 Å². The van der Waals surface area contributed by atoms with Crippen LogP contribution < -0.4 is 4.90 Å². The number of aromatic hydroxyl groups is 1. The van der Waals surface area contributed by atoms with Gasteiger partial charge in [-0.2, -0.15) is 5.26 Å². The fourth-order valence-electron chi connectivity index (χ4n) is 6.75. The van der Waals surface area contributed by atoms with Crippen molar-refractivity contribution in [1.29, 1.82) is 5.26 Å². The average molecular weight is 624 g/mol. The lowest BCUT2D eigenvalue weighted by Gasteiger charge is -2.43. The Morgan fingerprint density at radius 1 is 1.20 bits per heavy atom. The number of phenols is 1. The number of halogens is 2. The summed E-state index contributed by atoms with van der Waals surface area (Å²) in [6.07, 6.45) is 3.93. The van der Waals surface area contributed by atoms with Crippen LogP contribution in [0.25, 0.3) is 43.8 Å². The van der Waals surface area contributed by atoms with Crippen LogP contribution in [0.4, 0.5) is 10.2 Å². The van der Waals surface area contributed by atoms with E-state index in [1.54, 1.807) is 18.5 Å². The summed E-state index contributed by atoms with van der Waals surface area (Å²) >= 11 is 6.92. The van der Waals surface area contributed by atoms with Gasteiger partial charge in [-0.15, -0.1) is 0 Å². The lowest BCUT2D eigenvalue weighted by Crippen LogP contribution is -2.57. The van der Waals surface area contributed by atoms with E-state index < -0.39 is 11.9 Å². The van der Waals surface area contributed by atoms with Crippen LogP contribution in [0.1, 0.15) is 18.9 Å². The Morgan fingerprint density at radius 3 is 2.71 bits per heavy atom. The number of anilines is 1. The topological polar surface area (TPSA) is 102 Å². The van der Waals surface area contributed by atoms with Gasteiger partial charge in [0.1, 0.15) is 22.8 Å². The summed E-state index contributed by atoms with van der Waals surface area (Å²) in [6.45, 7) is 5.38. The second-order valence-corrected chi connectivity index (χ2v) is 12.4. The molecule has 0 radical (unpaired) electrons. The average Bonchev–Trinajstić information content (AvgIpc) is 3.45. The molecule has 0 bridgehead atoms. The third-order valence-electron chi connectivity index (χ3n) is 9.25. The lowest BCUT2D eigenvalue weighted by molar-refractivity contribution is -0.128. The van der Waals surface area contributed by atoms with Crippen LogP contribution in [0.2, 0.25) is 5.02 Å². The minimum Gasteiger partial charge on any atom is -0.508 e. The molecule has 0 aliphatic carbocycles. The molecule has 3 aromatic carbocycles. The Balaban J connectivity index is 1.45. The minimum absolute atomic E-state index is 0.00470. The smallest absolute Gasteiger partial charge is 0.247 e. The van der Waals surface area contributed by atoms with Crippen molar-refractivity contribution in [3.63, 3.8) is 0 Å². The molecule has 228 valence electrons. The van der Waals surface area contributed by atoms with Crippen molar-refractivity contribution >= 4 is 56.0 Å². The number of nitrogens with zero attached hydrogens (tertiary/aromatic N) is 7. The molecule has 2 unspecified atom stereocenters. The Labute approximate surface area is 264 Å². The number of likely N-dealkylation sites (N-methyl/N-ethyl adjacent to an activating group) is 1. The molecule has 5 aromatic rings. The number of likely N-dealkylation sites (tertiary alicyclic amines) is 1. The molecular weight excluding hydrogens is 593 g/mol. The first-order valence-electron chi connectivity index (χ1n) is 14.8. The molecular formula is C34H31ClFN7O2. The quantitative estimate of drug-likeness (QED) is 0.244. The molecule has 45 heavy (non-hydrogen) atoms. The number of carbonyl (C=O) groups excluding carboxylic acids is 1. The molecule has 9 nitrogen and oxygen atoms in total. The highest BCUT2D eigenvalue weighted by molar-refractivity contribution is 6.35. The third-order valence-corrected chi connectivity index (χ3v) is 9.55. The summed E-state index contributed by atoms with van der Waals surface area (Å²) < 4.78 is 19.0. The molecule has 2 fully saturated rings. The zero-order valence-corrected chi connectivity index (χ0v) is 25.7. The molecule has 2 saturated heterocycles. The maximum atomic E-state index is 17.0. The van der Waals surface area contributed by atoms with Crippen molar-refractivity contribution in [2.24, 2.45) is 0 Å². The number of carbonyl (C=O) groups is 1. The molecule has 0 saturated carbocycles. The monoisotopic (exact) mass is 623 g/mol. The second-order valence-electron chi connectivity index (χ2n) is 12.0. The van der Waals surface area contributed by atoms with E-state index in [2.05, 4.69) is 22.4 Å². The summed E-state index contributed by atoms with van der Waals surface area (Å²) in [6, 6.07) is 14.1. The van der Waals surface area contributed by atoms with E-state index in [-0.39, 0.29) is 33.8 Å². The summed E-state index contributed by atoms with van der Waals surface area (Å²) in [4.78, 5) is 27.9. The van der Waals surface area contributed by atoms with Crippen LogP contribution in [-0.4, -0.2) is 81.2 Å². The first kappa shape index (κ1) is 29.0. The minimum atomic E-state index is -0.638. The zero-order valence-electron chi connectivity index (χ0n) is 24.9. The summed E-state index contributed by atoms with van der Waals surface area (Å²) in [7, 11) is 4.06. The fourth-order valence-corrected chi connectivity index (χ4v) is 7.05. The van der Waals surface area contributed by atoms with Gasteiger partial charge in [0.25, 0.3) is 0 Å². The molecule has 2 aliphatic heterocycles. The number of fused-ring (bicyclic) bond motifs is 4. The predicted octanol–water partition coefficient (Wildman–Crippen LogP) is 5.89. The number of amides is 1. The first-order valence-corrected chi connectivity index (χ1v) is 15.2. The van der Waals surface area contributed by atoms with Crippen LogP contribution in [0, 0.1) is 17.1 Å². The van der Waals surface area contributed by atoms with Crippen molar-refractivity contribution in [2.75, 3.05) is 38.6 Å². The van der Waals surface area contributed by atoms with Gasteiger partial charge in [-0.3, -0.25) is 4.79 Å². The van der Waals surface area contributed by atoms with Crippen molar-refractivity contribution in [1.82, 2.24) is 24.3 Å². The lowest BCUT2D eigenvalue weighted by atomic mass is 9.95. The van der Waals surface area contributed by atoms with Gasteiger partial charge < -0.3 is 24.4 Å². The second kappa shape index (κ2) is 11.0. The molecule has 2 aromatic heterocycles. The number of benzene rings is 3. The van der Waals surface area contributed by atoms with E-state index >= 15 is 4.39 Å². The highest BCUT2D eigenvalue weighted by atomic mass is 35.5. The Bertz CT molecular complexity index is 2060. The van der Waals surface area contributed by atoms with E-state index in [9.17, 15) is 15.2 Å². The number of pyridine rings is 1. The molecule has 1 N–H and O–H groups in total. The third kappa shape index (κ3) is 4.66. The van der Waals surface area contributed by atoms with Crippen molar-refractivity contribution in [2.45, 2.75) is 31.0 Å². The Hall–Kier alpha value is -4.72. The van der Waals surface area contributed by atoms with Gasteiger partial charge in [-0.1, -0.05) is 42.4 Å². The van der Waals surface area contributed by atoms with Crippen LogP contribution in [0.3, 0.4) is 0 Å². The molecule has 2 atom stereocenters. The Morgan fingerprint density at radius 2 is 1.98 bits per heavy atom. The normalized spacial score (nSPS) is 18.9. The maximum absolute atomic E-state index is 17.0. The highest BCUT2D eigenvalue weighted by Crippen LogP contribution is 2.44. The standard InChI is InChI=1S/C34H31ClFN7O2/c1-4-28(45)42-10-9-20(12-21(42)15-37)43-18-38-32-33(43)26-14-27(35)29(25-13-23(44)11-19-7-5-6-8-24(19)25)30(36)31(26)39-34(32)41-16-22(17-41)40(2)3/h4-8,11,13-14,18,20-22,44H,1,9-10,12,16-17H2,2-3H3. The molecule has 11 heteroatoms. The van der Waals surface area contributed by atoms with E-state index in [4.69, 9.17) is 21.6 Å². The van der Waals surface area contributed by atoms with E-state index in [1.807, 2.05) is 42.9 Å². The van der Waals surface area contributed by atoms with Gasteiger partial charge in [-0.05, 0) is 61.1 Å². The number of imidazole rings is 1. The van der Waals surface area contributed by atoms with Crippen LogP contribution in [0.15, 0.2) is 61.4 Å². The van der Waals surface area contributed by atoms with Crippen molar-refractivity contribution < 1.29 is 14.3 Å². The summed E-state index contributed by atoms with van der Waals surface area (Å²) in [5.74, 6) is -0.278. The summed E-state index contributed by atoms with van der Waals surface area (Å²) in [5.41, 5.74) is 2.09. The van der Waals surface area contributed by atoms with Gasteiger partial charge in [0, 0.05) is 49.1 Å². The number of piperidine rings is 1. The Kier molecular flexibility index (Phi) is 7.10. The molecule has 0 spiro atoms. The number of aromatic nitrogens is 3. The van der Waals surface area contributed by atoms with Gasteiger partial charge >= 0.3 is 0 Å². The number of hydrogen-bond donors (Lipinski definition) is 1. The number of rotatable bonds is 5. The SMILES string of the molecule is C=CC(=O)N1CCC(n2cnc3c(N4CC(N(C)C)C4)nc4c(F)c(-c5cc(O)cc6ccccc56)c(Cl)cc4c32)CC1C#N. The number of phenolic OH excluding ortho intramolecular Hbond substituents is 1. The molecule has 2 aliphatic rings. The largest absolute Gasteiger partial charge is 0.508 e. The van der Waals surface area contributed by atoms with Crippen LogP contribution in [-0.2, 0) is 4.79 Å². The zero-order chi connectivity index (χ0) is 31.6. The fraction of sp³-hybridized carbons (Fsp3) is 0.294. The molecule has 7 rings (SSSR count). The molecule has 4 heterocycles. The van der Waals surface area contributed by atoms with Gasteiger partial charge in [0.05, 0.1) is 22.9 Å².